The monoisotopic (exact) mass is 350 g/mol. The van der Waals surface area contributed by atoms with E-state index in [1.807, 2.05) is 0 Å². The number of benzene rings is 2. The Kier molecular flexibility index (Phi) is 4.66. The van der Waals surface area contributed by atoms with Gasteiger partial charge in [0, 0.05) is 10.6 Å². The molecule has 0 aliphatic carbocycles. The van der Waals surface area contributed by atoms with Gasteiger partial charge in [-0.25, -0.2) is 0 Å². The molecule has 5 nitrogen and oxygen atoms in total. The van der Waals surface area contributed by atoms with Crippen LogP contribution >= 0.6 is 11.8 Å². The molecule has 0 saturated carbocycles. The lowest BCUT2D eigenvalue weighted by Crippen LogP contribution is -2.19. The van der Waals surface area contributed by atoms with Gasteiger partial charge in [-0.3, -0.25) is 9.59 Å². The van der Waals surface area contributed by atoms with Gasteiger partial charge in [0.15, 0.2) is 0 Å². The average Bonchev–Trinajstić information content (AvgIpc) is 2.54. The van der Waals surface area contributed by atoms with Crippen LogP contribution < -0.4 is 15.4 Å². The Morgan fingerprint density at radius 2 is 2.04 bits per heavy atom. The summed E-state index contributed by atoms with van der Waals surface area (Å²) in [6.07, 6.45) is 0. The molecule has 24 heavy (non-hydrogen) atoms. The minimum atomic E-state index is -3.02. The molecule has 3 rings (SSSR count). The first-order valence-electron chi connectivity index (χ1n) is 6.95. The first kappa shape index (κ1) is 16.3. The van der Waals surface area contributed by atoms with Gasteiger partial charge in [0.25, 0.3) is 5.91 Å². The van der Waals surface area contributed by atoms with E-state index in [2.05, 4.69) is 15.4 Å². The Hall–Kier alpha value is -2.61. The average molecular weight is 350 g/mol. The van der Waals surface area contributed by atoms with Gasteiger partial charge < -0.3 is 15.4 Å². The molecule has 124 valence electrons. The Labute approximate surface area is 140 Å². The highest BCUT2D eigenvalue weighted by atomic mass is 32.2. The second kappa shape index (κ2) is 6.88. The van der Waals surface area contributed by atoms with Crippen LogP contribution in [0.15, 0.2) is 47.4 Å². The highest BCUT2D eigenvalue weighted by Crippen LogP contribution is 2.33. The van der Waals surface area contributed by atoms with Crippen LogP contribution in [0.3, 0.4) is 0 Å². The molecule has 0 saturated heterocycles. The maximum absolute atomic E-state index is 12.4. The zero-order valence-corrected chi connectivity index (χ0v) is 13.0. The summed E-state index contributed by atoms with van der Waals surface area (Å²) in [6.45, 7) is -3.02. The minimum absolute atomic E-state index is 0.00562. The number of hydrogen-bond acceptors (Lipinski definition) is 4. The largest absolute Gasteiger partial charge is 0.434 e. The Morgan fingerprint density at radius 1 is 1.25 bits per heavy atom. The van der Waals surface area contributed by atoms with Crippen LogP contribution in [0.4, 0.5) is 20.2 Å². The van der Waals surface area contributed by atoms with E-state index in [4.69, 9.17) is 0 Å². The summed E-state index contributed by atoms with van der Waals surface area (Å²) in [4.78, 5) is 24.6. The van der Waals surface area contributed by atoms with Crippen LogP contribution in [0.5, 0.6) is 5.75 Å². The van der Waals surface area contributed by atoms with Crippen molar-refractivity contribution in [2.75, 3.05) is 16.4 Å². The molecular formula is C16H12F2N2O3S. The van der Waals surface area contributed by atoms with Gasteiger partial charge in [0.1, 0.15) is 5.75 Å². The van der Waals surface area contributed by atoms with Crippen LogP contribution in [-0.4, -0.2) is 24.2 Å². The molecule has 0 spiro atoms. The van der Waals surface area contributed by atoms with Crippen LogP contribution in [0.2, 0.25) is 0 Å². The SMILES string of the molecule is O=C1CSc2ccc(NC(=O)c3ccccc3OC(F)F)cc2N1. The molecule has 1 aliphatic heterocycles. The fraction of sp³-hybridized carbons (Fsp3) is 0.125. The molecule has 0 fully saturated rings. The number of thioether (sulfide) groups is 1. The summed E-state index contributed by atoms with van der Waals surface area (Å²) >= 11 is 1.40. The summed E-state index contributed by atoms with van der Waals surface area (Å²) in [6, 6.07) is 10.8. The molecule has 1 aliphatic rings. The maximum atomic E-state index is 12.4. The minimum Gasteiger partial charge on any atom is -0.434 e. The summed E-state index contributed by atoms with van der Waals surface area (Å²) < 4.78 is 29.2. The Bertz CT molecular complexity index is 799. The molecule has 2 N–H and O–H groups in total. The lowest BCUT2D eigenvalue weighted by molar-refractivity contribution is -0.113. The number of ether oxygens (including phenoxy) is 1. The topological polar surface area (TPSA) is 67.4 Å². The molecule has 0 aromatic heterocycles. The van der Waals surface area contributed by atoms with Crippen LogP contribution in [-0.2, 0) is 4.79 Å². The summed E-state index contributed by atoms with van der Waals surface area (Å²) in [5, 5.41) is 5.33. The van der Waals surface area contributed by atoms with Gasteiger partial charge in [0.2, 0.25) is 5.91 Å². The second-order valence-corrected chi connectivity index (χ2v) is 5.89. The molecule has 0 atom stereocenters. The van der Waals surface area contributed by atoms with Gasteiger partial charge in [-0.1, -0.05) is 12.1 Å². The van der Waals surface area contributed by atoms with E-state index in [1.54, 1.807) is 24.3 Å². The lowest BCUT2D eigenvalue weighted by atomic mass is 10.1. The number of nitrogens with one attached hydrogen (secondary N) is 2. The molecule has 8 heteroatoms. The van der Waals surface area contributed by atoms with Gasteiger partial charge >= 0.3 is 6.61 Å². The van der Waals surface area contributed by atoms with E-state index in [0.29, 0.717) is 17.1 Å². The van der Waals surface area contributed by atoms with Crippen molar-refractivity contribution in [3.63, 3.8) is 0 Å². The molecule has 2 amide bonds. The highest BCUT2D eigenvalue weighted by Gasteiger charge is 2.18. The smallest absolute Gasteiger partial charge is 0.387 e. The highest BCUT2D eigenvalue weighted by molar-refractivity contribution is 8.00. The van der Waals surface area contributed by atoms with Crippen LogP contribution in [0.1, 0.15) is 10.4 Å². The molecule has 0 radical (unpaired) electrons. The maximum Gasteiger partial charge on any atom is 0.387 e. The number of rotatable bonds is 4. The summed E-state index contributed by atoms with van der Waals surface area (Å²) in [5.41, 5.74) is 1.04. The van der Waals surface area contributed by atoms with E-state index in [0.717, 1.165) is 4.90 Å². The molecule has 2 aromatic rings. The number of amides is 2. The lowest BCUT2D eigenvalue weighted by Gasteiger charge is -2.17. The first-order chi connectivity index (χ1) is 11.5. The number of carbonyl (C=O) groups excluding carboxylic acids is 2. The normalized spacial score (nSPS) is 13.2. The van der Waals surface area contributed by atoms with Gasteiger partial charge in [-0.05, 0) is 30.3 Å². The van der Waals surface area contributed by atoms with Crippen molar-refractivity contribution in [3.8, 4) is 5.75 Å². The zero-order chi connectivity index (χ0) is 17.1. The van der Waals surface area contributed by atoms with Crippen molar-refractivity contribution in [2.45, 2.75) is 11.5 Å². The van der Waals surface area contributed by atoms with Gasteiger partial charge in [-0.2, -0.15) is 8.78 Å². The number of para-hydroxylation sites is 1. The first-order valence-corrected chi connectivity index (χ1v) is 7.93. The van der Waals surface area contributed by atoms with Gasteiger partial charge in [-0.15, -0.1) is 11.8 Å². The van der Waals surface area contributed by atoms with Gasteiger partial charge in [0.05, 0.1) is 17.0 Å². The molecular weight excluding hydrogens is 338 g/mol. The Morgan fingerprint density at radius 3 is 2.83 bits per heavy atom. The number of anilines is 2. The summed E-state index contributed by atoms with van der Waals surface area (Å²) in [5.74, 6) is -0.559. The third-order valence-electron chi connectivity index (χ3n) is 3.22. The fourth-order valence-electron chi connectivity index (χ4n) is 2.21. The van der Waals surface area contributed by atoms with E-state index < -0.39 is 12.5 Å². The zero-order valence-electron chi connectivity index (χ0n) is 12.2. The quantitative estimate of drug-likeness (QED) is 0.884. The fourth-order valence-corrected chi connectivity index (χ4v) is 3.00. The van der Waals surface area contributed by atoms with Crippen molar-refractivity contribution in [1.29, 1.82) is 0 Å². The molecule has 1 heterocycles. The number of carbonyl (C=O) groups is 2. The standard InChI is InChI=1S/C16H12F2N2O3S/c17-16(18)23-12-4-2-1-3-10(12)15(22)19-9-5-6-13-11(7-9)20-14(21)8-24-13/h1-7,16H,8H2,(H,19,22)(H,20,21). The van der Waals surface area contributed by atoms with E-state index in [9.17, 15) is 18.4 Å². The van der Waals surface area contributed by atoms with Crippen molar-refractivity contribution < 1.29 is 23.1 Å². The predicted octanol–water partition coefficient (Wildman–Crippen LogP) is 3.58. The van der Waals surface area contributed by atoms with E-state index in [1.165, 1.54) is 30.0 Å². The van der Waals surface area contributed by atoms with Crippen molar-refractivity contribution in [3.05, 3.63) is 48.0 Å². The third-order valence-corrected chi connectivity index (χ3v) is 4.29. The van der Waals surface area contributed by atoms with Crippen LogP contribution in [0, 0.1) is 0 Å². The molecule has 0 bridgehead atoms. The Balaban J connectivity index is 1.81. The number of fused-ring (bicyclic) bond motifs is 1. The van der Waals surface area contributed by atoms with Crippen molar-refractivity contribution in [2.24, 2.45) is 0 Å². The molecule has 2 aromatic carbocycles. The number of alkyl halides is 2. The summed E-state index contributed by atoms with van der Waals surface area (Å²) in [7, 11) is 0. The number of halogens is 2. The number of hydrogen-bond donors (Lipinski definition) is 2. The third kappa shape index (κ3) is 3.65. The van der Waals surface area contributed by atoms with Crippen molar-refractivity contribution >= 4 is 35.0 Å². The van der Waals surface area contributed by atoms with E-state index in [-0.39, 0.29) is 17.2 Å². The molecule has 0 unspecified atom stereocenters. The van der Waals surface area contributed by atoms with E-state index >= 15 is 0 Å². The van der Waals surface area contributed by atoms with Crippen LogP contribution in [0.25, 0.3) is 0 Å². The van der Waals surface area contributed by atoms with Crippen molar-refractivity contribution in [1.82, 2.24) is 0 Å². The predicted molar refractivity (Wildman–Crippen MR) is 86.8 cm³/mol. The second-order valence-electron chi connectivity index (χ2n) is 4.88.